The normalized spacial score (nSPS) is 21.1. The summed E-state index contributed by atoms with van der Waals surface area (Å²) in [6, 6.07) is 5.94. The third kappa shape index (κ3) is 3.77. The van der Waals surface area contributed by atoms with Gasteiger partial charge in [0, 0.05) is 12.3 Å². The van der Waals surface area contributed by atoms with Crippen molar-refractivity contribution in [3.63, 3.8) is 0 Å². The predicted molar refractivity (Wildman–Crippen MR) is 106 cm³/mol. The molecule has 2 aromatic rings. The highest BCUT2D eigenvalue weighted by atomic mass is 35.5. The fourth-order valence-electron chi connectivity index (χ4n) is 3.54. The number of aromatic nitrogens is 2. The van der Waals surface area contributed by atoms with Crippen molar-refractivity contribution in [2.75, 3.05) is 23.8 Å². The quantitative estimate of drug-likeness (QED) is 0.667. The molecule has 0 spiro atoms. The predicted octanol–water partition coefficient (Wildman–Crippen LogP) is 1.74. The lowest BCUT2D eigenvalue weighted by Gasteiger charge is -2.28. The lowest BCUT2D eigenvalue weighted by Crippen LogP contribution is -2.38. The molecule has 4 rings (SSSR count). The van der Waals surface area contributed by atoms with E-state index in [0.717, 1.165) is 22.3 Å². The first-order valence-corrected chi connectivity index (χ1v) is 9.39. The van der Waals surface area contributed by atoms with Crippen LogP contribution in [0.2, 0.25) is 5.02 Å². The van der Waals surface area contributed by atoms with Crippen LogP contribution in [-0.4, -0.2) is 41.4 Å². The van der Waals surface area contributed by atoms with Crippen molar-refractivity contribution in [2.24, 2.45) is 5.92 Å². The monoisotopic (exact) mass is 399 g/mol. The van der Waals surface area contributed by atoms with Crippen LogP contribution in [0.4, 0.5) is 17.5 Å². The molecule has 2 aliphatic rings. The molecule has 10 heteroatoms. The summed E-state index contributed by atoms with van der Waals surface area (Å²) >= 11 is 6.24. The number of aryl methyl sites for hydroxylation is 1. The minimum absolute atomic E-state index is 0.165. The van der Waals surface area contributed by atoms with Crippen LogP contribution in [0.3, 0.4) is 0 Å². The lowest BCUT2D eigenvalue weighted by atomic mass is 9.76. The smallest absolute Gasteiger partial charge is 0.423 e. The Kier molecular flexibility index (Phi) is 5.37. The molecule has 0 amide bonds. The lowest BCUT2D eigenvalue weighted by molar-refractivity contribution is 0.0698. The van der Waals surface area contributed by atoms with Crippen LogP contribution in [0.25, 0.3) is 0 Å². The van der Waals surface area contributed by atoms with Crippen molar-refractivity contribution in [3.05, 3.63) is 34.5 Å². The van der Waals surface area contributed by atoms with Crippen LogP contribution in [-0.2, 0) is 16.0 Å². The number of nitrogens with one attached hydrogen (secondary N) is 2. The Balaban J connectivity index is 1.55. The van der Waals surface area contributed by atoms with Crippen molar-refractivity contribution in [1.82, 2.24) is 9.97 Å². The molecule has 0 radical (unpaired) electrons. The molecule has 3 heterocycles. The molecule has 0 aliphatic carbocycles. The zero-order valence-electron chi connectivity index (χ0n) is 15.3. The summed E-state index contributed by atoms with van der Waals surface area (Å²) in [5.41, 5.74) is 3.45. The fourth-order valence-corrected chi connectivity index (χ4v) is 3.68. The second-order valence-electron chi connectivity index (χ2n) is 6.89. The van der Waals surface area contributed by atoms with Crippen molar-refractivity contribution in [2.45, 2.75) is 26.0 Å². The highest BCUT2D eigenvalue weighted by Crippen LogP contribution is 2.26. The molecule has 2 aliphatic heterocycles. The van der Waals surface area contributed by atoms with Crippen molar-refractivity contribution >= 4 is 41.6 Å². The molecule has 1 saturated heterocycles. The van der Waals surface area contributed by atoms with Gasteiger partial charge >= 0.3 is 7.12 Å². The summed E-state index contributed by atoms with van der Waals surface area (Å²) in [4.78, 5) is 8.69. The Morgan fingerprint density at radius 1 is 1.43 bits per heavy atom. The van der Waals surface area contributed by atoms with Gasteiger partial charge in [-0.3, -0.25) is 0 Å². The van der Waals surface area contributed by atoms with Crippen molar-refractivity contribution in [1.29, 1.82) is 5.26 Å². The van der Waals surface area contributed by atoms with E-state index < -0.39 is 7.12 Å². The summed E-state index contributed by atoms with van der Waals surface area (Å²) in [7, 11) is -0.877. The highest BCUT2D eigenvalue weighted by molar-refractivity contribution is 6.62. The number of hydrogen-bond donors (Lipinski definition) is 3. The maximum atomic E-state index is 9.88. The minimum atomic E-state index is -0.877. The number of nitriles is 1. The van der Waals surface area contributed by atoms with Crippen LogP contribution in [0.1, 0.15) is 17.5 Å². The Bertz CT molecular complexity index is 938. The van der Waals surface area contributed by atoms with E-state index in [0.29, 0.717) is 43.0 Å². The molecule has 0 bridgehead atoms. The molecule has 1 fully saturated rings. The Morgan fingerprint density at radius 3 is 3.11 bits per heavy atom. The second kappa shape index (κ2) is 7.93. The molecular formula is C18H19BClN5O3. The first kappa shape index (κ1) is 19.0. The maximum Gasteiger partial charge on any atom is 0.492 e. The first-order chi connectivity index (χ1) is 13.5. The van der Waals surface area contributed by atoms with E-state index in [2.05, 4.69) is 26.7 Å². The van der Waals surface area contributed by atoms with Gasteiger partial charge in [-0.1, -0.05) is 11.6 Å². The number of ether oxygens (including phenoxy) is 1. The average Bonchev–Trinajstić information content (AvgIpc) is 3.06. The van der Waals surface area contributed by atoms with E-state index >= 15 is 0 Å². The number of benzene rings is 1. The topological polar surface area (TPSA) is 112 Å². The van der Waals surface area contributed by atoms with E-state index in [1.807, 2.05) is 19.1 Å². The Morgan fingerprint density at radius 2 is 2.29 bits per heavy atom. The standard InChI is InChI=1S/C18H19BClN5O3/c1-10-4-13(5-12-8-28-19(26)16(10)12)23-18-22-7-14(20)17(25-18)24-15-9-27-3-2-11(15)6-21/h4-5,7,11,15,26H,2-3,8-9H2,1H3,(H2,22,23,24,25)/t11-,15+/m1/s1. The Labute approximate surface area is 168 Å². The largest absolute Gasteiger partial charge is 0.492 e. The third-order valence-electron chi connectivity index (χ3n) is 4.96. The van der Waals surface area contributed by atoms with Crippen LogP contribution in [0, 0.1) is 24.2 Å². The van der Waals surface area contributed by atoms with Gasteiger partial charge in [0.25, 0.3) is 0 Å². The average molecular weight is 400 g/mol. The van der Waals surface area contributed by atoms with Gasteiger partial charge in [0.15, 0.2) is 5.82 Å². The van der Waals surface area contributed by atoms with E-state index in [1.54, 1.807) is 0 Å². The number of hydrogen-bond acceptors (Lipinski definition) is 8. The van der Waals surface area contributed by atoms with Gasteiger partial charge in [-0.15, -0.1) is 0 Å². The SMILES string of the molecule is Cc1cc(Nc2ncc(Cl)c(N[C@H]3COCC[C@@H]3C#N)n2)cc2c1B(O)OC2. The summed E-state index contributed by atoms with van der Waals surface area (Å²) in [5, 5.41) is 26.0. The van der Waals surface area contributed by atoms with Gasteiger partial charge in [0.1, 0.15) is 5.02 Å². The van der Waals surface area contributed by atoms with Gasteiger partial charge in [0.05, 0.1) is 37.4 Å². The minimum Gasteiger partial charge on any atom is -0.423 e. The molecule has 3 N–H and O–H groups in total. The molecule has 28 heavy (non-hydrogen) atoms. The number of rotatable bonds is 4. The van der Waals surface area contributed by atoms with Crippen LogP contribution in [0.5, 0.6) is 0 Å². The molecule has 0 unspecified atom stereocenters. The first-order valence-electron chi connectivity index (χ1n) is 9.01. The van der Waals surface area contributed by atoms with Gasteiger partial charge < -0.3 is 25.0 Å². The van der Waals surface area contributed by atoms with E-state index in [9.17, 15) is 10.3 Å². The summed E-state index contributed by atoms with van der Waals surface area (Å²) in [6.45, 7) is 3.28. The molecule has 2 atom stereocenters. The number of anilines is 3. The summed E-state index contributed by atoms with van der Waals surface area (Å²) in [5.74, 6) is 0.657. The highest BCUT2D eigenvalue weighted by Gasteiger charge is 2.30. The fraction of sp³-hybridized carbons (Fsp3) is 0.389. The van der Waals surface area contributed by atoms with Crippen LogP contribution < -0.4 is 16.1 Å². The van der Waals surface area contributed by atoms with Gasteiger partial charge in [0.2, 0.25) is 5.95 Å². The molecule has 144 valence electrons. The van der Waals surface area contributed by atoms with E-state index in [1.165, 1.54) is 6.20 Å². The Hall–Kier alpha value is -2.38. The van der Waals surface area contributed by atoms with Crippen LogP contribution in [0.15, 0.2) is 18.3 Å². The van der Waals surface area contributed by atoms with Crippen LogP contribution >= 0.6 is 11.6 Å². The third-order valence-corrected chi connectivity index (χ3v) is 5.24. The maximum absolute atomic E-state index is 9.88. The van der Waals surface area contributed by atoms with Gasteiger partial charge in [-0.2, -0.15) is 10.2 Å². The zero-order valence-corrected chi connectivity index (χ0v) is 16.0. The summed E-state index contributed by atoms with van der Waals surface area (Å²) < 4.78 is 10.7. The molecular weight excluding hydrogens is 380 g/mol. The van der Waals surface area contributed by atoms with Gasteiger partial charge in [-0.05, 0) is 42.1 Å². The van der Waals surface area contributed by atoms with Crippen molar-refractivity contribution in [3.8, 4) is 6.07 Å². The number of halogens is 1. The van der Waals surface area contributed by atoms with Gasteiger partial charge in [-0.25, -0.2) is 4.98 Å². The van der Waals surface area contributed by atoms with Crippen molar-refractivity contribution < 1.29 is 14.4 Å². The zero-order chi connectivity index (χ0) is 19.7. The molecule has 1 aromatic carbocycles. The molecule has 8 nitrogen and oxygen atoms in total. The molecule has 1 aromatic heterocycles. The number of nitrogens with zero attached hydrogens (tertiary/aromatic N) is 3. The van der Waals surface area contributed by atoms with E-state index in [-0.39, 0.29) is 12.0 Å². The number of fused-ring (bicyclic) bond motifs is 1. The van der Waals surface area contributed by atoms with E-state index in [4.69, 9.17) is 21.0 Å². The molecule has 0 saturated carbocycles. The second-order valence-corrected chi connectivity index (χ2v) is 7.30. The summed E-state index contributed by atoms with van der Waals surface area (Å²) in [6.07, 6.45) is 2.18.